The van der Waals surface area contributed by atoms with Crippen molar-refractivity contribution in [1.82, 2.24) is 15.6 Å². The third-order valence-corrected chi connectivity index (χ3v) is 4.17. The van der Waals surface area contributed by atoms with Crippen LogP contribution in [0.1, 0.15) is 32.7 Å². The van der Waals surface area contributed by atoms with Crippen LogP contribution in [0.2, 0.25) is 0 Å². The van der Waals surface area contributed by atoms with Gasteiger partial charge in [-0.25, -0.2) is 14.6 Å². The fraction of sp³-hybridized carbons (Fsp3) is 0.267. The molecular formula is C15H14F3N3O3S. The predicted molar refractivity (Wildman–Crippen MR) is 84.4 cm³/mol. The molecule has 0 saturated heterocycles. The van der Waals surface area contributed by atoms with Crippen LogP contribution in [0.4, 0.5) is 18.0 Å². The molecule has 134 valence electrons. The van der Waals surface area contributed by atoms with Gasteiger partial charge in [0.15, 0.2) is 6.04 Å². The van der Waals surface area contributed by atoms with Gasteiger partial charge in [0.25, 0.3) is 0 Å². The summed E-state index contributed by atoms with van der Waals surface area (Å²) in [5.74, 6) is -1.09. The highest BCUT2D eigenvalue weighted by Crippen LogP contribution is 2.34. The Morgan fingerprint density at radius 2 is 1.92 bits per heavy atom. The molecule has 6 nitrogen and oxygen atoms in total. The molecule has 0 fully saturated rings. The van der Waals surface area contributed by atoms with E-state index in [0.29, 0.717) is 11.3 Å². The Bertz CT molecular complexity index is 759. The van der Waals surface area contributed by atoms with Crippen LogP contribution in [0.15, 0.2) is 29.6 Å². The summed E-state index contributed by atoms with van der Waals surface area (Å²) < 4.78 is 39.4. The minimum Gasteiger partial charge on any atom is -0.478 e. The van der Waals surface area contributed by atoms with E-state index < -0.39 is 24.2 Å². The SMILES string of the molecule is Cc1csc(C(NC(=O)NCc2ccc(C(=O)O)cc2)C(F)(F)F)n1. The number of amides is 2. The topological polar surface area (TPSA) is 91.3 Å². The number of aryl methyl sites for hydroxylation is 1. The van der Waals surface area contributed by atoms with Crippen LogP contribution in [-0.2, 0) is 6.54 Å². The Balaban J connectivity index is 1.98. The monoisotopic (exact) mass is 373 g/mol. The number of carboxylic acids is 1. The highest BCUT2D eigenvalue weighted by atomic mass is 32.1. The summed E-state index contributed by atoms with van der Waals surface area (Å²) in [5.41, 5.74) is 1.06. The number of alkyl halides is 3. The number of carboxylic acid groups (broad SMARTS) is 1. The third-order valence-electron chi connectivity index (χ3n) is 3.14. The molecule has 0 radical (unpaired) electrons. The van der Waals surface area contributed by atoms with Gasteiger partial charge < -0.3 is 15.7 Å². The molecule has 2 aromatic rings. The molecule has 25 heavy (non-hydrogen) atoms. The number of carbonyl (C=O) groups excluding carboxylic acids is 1. The van der Waals surface area contributed by atoms with Crippen LogP contribution < -0.4 is 10.6 Å². The van der Waals surface area contributed by atoms with Gasteiger partial charge in [-0.15, -0.1) is 11.3 Å². The van der Waals surface area contributed by atoms with Gasteiger partial charge in [0.05, 0.1) is 5.56 Å². The summed E-state index contributed by atoms with van der Waals surface area (Å²) in [6, 6.07) is 2.42. The van der Waals surface area contributed by atoms with Gasteiger partial charge >= 0.3 is 18.2 Å². The lowest BCUT2D eigenvalue weighted by Gasteiger charge is -2.20. The first kappa shape index (κ1) is 18.7. The molecule has 1 unspecified atom stereocenters. The standard InChI is InChI=1S/C15H14F3N3O3S/c1-8-7-25-12(20-8)11(15(16,17)18)21-14(24)19-6-9-2-4-10(5-3-9)13(22)23/h2-5,7,11H,6H2,1H3,(H,22,23)(H2,19,21,24). The van der Waals surface area contributed by atoms with Crippen LogP contribution >= 0.6 is 11.3 Å². The Morgan fingerprint density at radius 1 is 1.28 bits per heavy atom. The lowest BCUT2D eigenvalue weighted by molar-refractivity contribution is -0.154. The molecule has 1 atom stereocenters. The summed E-state index contributed by atoms with van der Waals surface area (Å²) in [6.45, 7) is 1.52. The van der Waals surface area contributed by atoms with Crippen molar-refractivity contribution in [3.63, 3.8) is 0 Å². The first-order chi connectivity index (χ1) is 11.7. The second kappa shape index (κ2) is 7.51. The minimum absolute atomic E-state index is 0.0484. The molecule has 2 amide bonds. The maximum absolute atomic E-state index is 13.1. The van der Waals surface area contributed by atoms with Crippen LogP contribution in [0.25, 0.3) is 0 Å². The number of hydrogen-bond acceptors (Lipinski definition) is 4. The van der Waals surface area contributed by atoms with E-state index >= 15 is 0 Å². The van der Waals surface area contributed by atoms with Crippen molar-refractivity contribution in [3.8, 4) is 0 Å². The smallest absolute Gasteiger partial charge is 0.415 e. The number of nitrogens with zero attached hydrogens (tertiary/aromatic N) is 1. The molecule has 0 aliphatic carbocycles. The number of aromatic carboxylic acids is 1. The number of nitrogens with one attached hydrogen (secondary N) is 2. The summed E-state index contributed by atoms with van der Waals surface area (Å²) >= 11 is 0.816. The fourth-order valence-corrected chi connectivity index (χ4v) is 2.79. The average molecular weight is 373 g/mol. The van der Waals surface area contributed by atoms with Crippen molar-refractivity contribution >= 4 is 23.3 Å². The van der Waals surface area contributed by atoms with Crippen LogP contribution in [0.3, 0.4) is 0 Å². The zero-order valence-electron chi connectivity index (χ0n) is 12.9. The van der Waals surface area contributed by atoms with Gasteiger partial charge in [-0.3, -0.25) is 0 Å². The first-order valence-corrected chi connectivity index (χ1v) is 7.90. The van der Waals surface area contributed by atoms with Gasteiger partial charge in [0, 0.05) is 17.6 Å². The average Bonchev–Trinajstić information content (AvgIpc) is 2.96. The predicted octanol–water partition coefficient (Wildman–Crippen LogP) is 3.25. The highest BCUT2D eigenvalue weighted by Gasteiger charge is 2.43. The quantitative estimate of drug-likeness (QED) is 0.750. The van der Waals surface area contributed by atoms with E-state index in [4.69, 9.17) is 5.11 Å². The number of carbonyl (C=O) groups is 2. The van der Waals surface area contributed by atoms with Crippen molar-refractivity contribution in [2.24, 2.45) is 0 Å². The van der Waals surface area contributed by atoms with E-state index in [9.17, 15) is 22.8 Å². The fourth-order valence-electron chi connectivity index (χ4n) is 1.92. The van der Waals surface area contributed by atoms with Crippen molar-refractivity contribution < 1.29 is 27.9 Å². The maximum atomic E-state index is 13.1. The van der Waals surface area contributed by atoms with E-state index in [1.807, 2.05) is 5.32 Å². The first-order valence-electron chi connectivity index (χ1n) is 7.02. The molecule has 10 heteroatoms. The molecule has 1 heterocycles. The van der Waals surface area contributed by atoms with Crippen molar-refractivity contribution in [1.29, 1.82) is 0 Å². The zero-order chi connectivity index (χ0) is 18.6. The number of halogens is 3. The van der Waals surface area contributed by atoms with Crippen LogP contribution in [0.5, 0.6) is 0 Å². The summed E-state index contributed by atoms with van der Waals surface area (Å²) in [4.78, 5) is 26.3. The van der Waals surface area contributed by atoms with E-state index in [0.717, 1.165) is 11.3 Å². The molecule has 0 saturated carbocycles. The number of benzene rings is 1. The number of aromatic nitrogens is 1. The number of hydrogen-bond donors (Lipinski definition) is 3. The zero-order valence-corrected chi connectivity index (χ0v) is 13.7. The highest BCUT2D eigenvalue weighted by molar-refractivity contribution is 7.09. The Labute approximate surface area is 144 Å². The van der Waals surface area contributed by atoms with E-state index in [-0.39, 0.29) is 17.1 Å². The van der Waals surface area contributed by atoms with Crippen LogP contribution in [0, 0.1) is 6.92 Å². The maximum Gasteiger partial charge on any atom is 0.415 e. The number of rotatable bonds is 5. The van der Waals surface area contributed by atoms with Gasteiger partial charge in [-0.2, -0.15) is 13.2 Å². The molecule has 3 N–H and O–H groups in total. The summed E-state index contributed by atoms with van der Waals surface area (Å²) in [7, 11) is 0. The third kappa shape index (κ3) is 5.18. The molecule has 0 spiro atoms. The molecule has 1 aromatic heterocycles. The summed E-state index contributed by atoms with van der Waals surface area (Å²) in [5, 5.41) is 14.2. The lowest BCUT2D eigenvalue weighted by atomic mass is 10.1. The number of thiazole rings is 1. The minimum atomic E-state index is -4.68. The Kier molecular flexibility index (Phi) is 5.62. The van der Waals surface area contributed by atoms with Gasteiger partial charge in [0.1, 0.15) is 5.01 Å². The van der Waals surface area contributed by atoms with Crippen LogP contribution in [-0.4, -0.2) is 28.3 Å². The normalized spacial score (nSPS) is 12.5. The molecule has 1 aromatic carbocycles. The van der Waals surface area contributed by atoms with Crippen molar-refractivity contribution in [2.75, 3.05) is 0 Å². The van der Waals surface area contributed by atoms with E-state index in [2.05, 4.69) is 10.3 Å². The largest absolute Gasteiger partial charge is 0.478 e. The van der Waals surface area contributed by atoms with Gasteiger partial charge in [0.2, 0.25) is 0 Å². The molecule has 2 rings (SSSR count). The Hall–Kier alpha value is -2.62. The second-order valence-electron chi connectivity index (χ2n) is 5.13. The van der Waals surface area contributed by atoms with E-state index in [1.54, 1.807) is 6.92 Å². The van der Waals surface area contributed by atoms with Gasteiger partial charge in [-0.1, -0.05) is 12.1 Å². The molecule has 0 aliphatic heterocycles. The molecule has 0 aliphatic rings. The van der Waals surface area contributed by atoms with Crippen molar-refractivity contribution in [3.05, 3.63) is 51.5 Å². The molecule has 0 bridgehead atoms. The Morgan fingerprint density at radius 3 is 2.40 bits per heavy atom. The van der Waals surface area contributed by atoms with E-state index in [1.165, 1.54) is 29.6 Å². The second-order valence-corrected chi connectivity index (χ2v) is 6.02. The lowest BCUT2D eigenvalue weighted by Crippen LogP contribution is -2.43. The van der Waals surface area contributed by atoms with Crippen molar-refractivity contribution in [2.45, 2.75) is 25.7 Å². The molecular weight excluding hydrogens is 359 g/mol. The summed E-state index contributed by atoms with van der Waals surface area (Å²) in [6.07, 6.45) is -4.68. The van der Waals surface area contributed by atoms with Gasteiger partial charge in [-0.05, 0) is 24.6 Å². The number of urea groups is 1.